The molecule has 2 fully saturated rings. The van der Waals surface area contributed by atoms with E-state index in [0.717, 1.165) is 29.7 Å². The van der Waals surface area contributed by atoms with E-state index in [9.17, 15) is 9.59 Å². The summed E-state index contributed by atoms with van der Waals surface area (Å²) in [7, 11) is 0. The Kier molecular flexibility index (Phi) is 5.66. The molecule has 2 heterocycles. The highest BCUT2D eigenvalue weighted by Gasteiger charge is 2.35. The van der Waals surface area contributed by atoms with Crippen molar-refractivity contribution in [3.8, 4) is 11.4 Å². The maximum atomic E-state index is 12.7. The third-order valence-electron chi connectivity index (χ3n) is 6.22. The fourth-order valence-electron chi connectivity index (χ4n) is 4.09. The zero-order chi connectivity index (χ0) is 22.1. The van der Waals surface area contributed by atoms with Crippen LogP contribution in [0.2, 0.25) is 5.02 Å². The van der Waals surface area contributed by atoms with E-state index in [2.05, 4.69) is 15.5 Å². The molecule has 1 atom stereocenters. The number of hydrogen-bond donors (Lipinski definition) is 1. The van der Waals surface area contributed by atoms with E-state index in [0.29, 0.717) is 35.7 Å². The van der Waals surface area contributed by atoms with E-state index >= 15 is 0 Å². The van der Waals surface area contributed by atoms with Crippen molar-refractivity contribution >= 4 is 29.1 Å². The molecule has 1 unspecified atom stereocenters. The summed E-state index contributed by atoms with van der Waals surface area (Å²) < 4.78 is 5.43. The molecule has 164 valence electrons. The first-order valence-corrected chi connectivity index (χ1v) is 11.2. The molecule has 0 bridgehead atoms. The molecule has 1 aliphatic carbocycles. The van der Waals surface area contributed by atoms with Crippen LogP contribution in [0.5, 0.6) is 0 Å². The number of anilines is 1. The fraction of sp³-hybridized carbons (Fsp3) is 0.333. The predicted octanol–water partition coefficient (Wildman–Crippen LogP) is 4.33. The molecule has 32 heavy (non-hydrogen) atoms. The molecule has 2 amide bonds. The summed E-state index contributed by atoms with van der Waals surface area (Å²) in [6.07, 6.45) is 3.54. The van der Waals surface area contributed by atoms with Crippen LogP contribution in [-0.2, 0) is 16.1 Å². The number of rotatable bonds is 6. The Morgan fingerprint density at radius 2 is 2.03 bits per heavy atom. The van der Waals surface area contributed by atoms with Gasteiger partial charge in [-0.2, -0.15) is 4.98 Å². The zero-order valence-corrected chi connectivity index (χ0v) is 18.2. The van der Waals surface area contributed by atoms with Crippen LogP contribution >= 0.6 is 11.6 Å². The molecule has 1 N–H and O–H groups in total. The standard InChI is InChI=1S/C24H23ClN4O3/c25-20-10-2-1-5-17(20)13-26-23(31)18-12-21(30)29(14-18)19-9-4-8-16(11-19)22-27-24(32-28-22)15-6-3-7-15/h1-2,4-5,8-11,15,18H,3,6-7,12-14H2,(H,26,31). The molecule has 1 aromatic heterocycles. The van der Waals surface area contributed by atoms with Crippen LogP contribution in [-0.4, -0.2) is 28.5 Å². The first-order chi connectivity index (χ1) is 15.6. The number of nitrogens with one attached hydrogen (secondary N) is 1. The van der Waals surface area contributed by atoms with E-state index in [1.165, 1.54) is 6.42 Å². The molecule has 1 saturated carbocycles. The van der Waals surface area contributed by atoms with Crippen molar-refractivity contribution < 1.29 is 14.1 Å². The number of nitrogens with zero attached hydrogens (tertiary/aromatic N) is 3. The van der Waals surface area contributed by atoms with Gasteiger partial charge in [0.2, 0.25) is 23.5 Å². The molecule has 7 nitrogen and oxygen atoms in total. The van der Waals surface area contributed by atoms with E-state index in [-0.39, 0.29) is 18.2 Å². The Labute approximate surface area is 190 Å². The molecule has 2 aromatic carbocycles. The van der Waals surface area contributed by atoms with Crippen LogP contribution in [0.25, 0.3) is 11.4 Å². The molecule has 5 rings (SSSR count). The van der Waals surface area contributed by atoms with Crippen molar-refractivity contribution in [3.05, 3.63) is 65.0 Å². The predicted molar refractivity (Wildman–Crippen MR) is 120 cm³/mol. The van der Waals surface area contributed by atoms with Crippen LogP contribution in [0.4, 0.5) is 5.69 Å². The third-order valence-corrected chi connectivity index (χ3v) is 6.59. The number of hydrogen-bond acceptors (Lipinski definition) is 5. The minimum atomic E-state index is -0.413. The van der Waals surface area contributed by atoms with Gasteiger partial charge in [0.15, 0.2) is 0 Å². The second kappa shape index (κ2) is 8.74. The topological polar surface area (TPSA) is 88.3 Å². The molecule has 0 radical (unpaired) electrons. The minimum Gasteiger partial charge on any atom is -0.352 e. The van der Waals surface area contributed by atoms with Crippen molar-refractivity contribution in [2.75, 3.05) is 11.4 Å². The van der Waals surface area contributed by atoms with Crippen molar-refractivity contribution in [3.63, 3.8) is 0 Å². The number of benzene rings is 2. The van der Waals surface area contributed by atoms with Gasteiger partial charge in [0.1, 0.15) is 0 Å². The largest absolute Gasteiger partial charge is 0.352 e. The van der Waals surface area contributed by atoms with Crippen LogP contribution in [0.3, 0.4) is 0 Å². The van der Waals surface area contributed by atoms with Gasteiger partial charge < -0.3 is 14.7 Å². The minimum absolute atomic E-state index is 0.0803. The van der Waals surface area contributed by atoms with Crippen LogP contribution < -0.4 is 10.2 Å². The second-order valence-corrected chi connectivity index (χ2v) is 8.76. The number of aromatic nitrogens is 2. The second-order valence-electron chi connectivity index (χ2n) is 8.35. The maximum Gasteiger partial charge on any atom is 0.230 e. The lowest BCUT2D eigenvalue weighted by atomic mass is 9.85. The van der Waals surface area contributed by atoms with Gasteiger partial charge in [0, 0.05) is 41.7 Å². The molecular formula is C24H23ClN4O3. The summed E-state index contributed by atoms with van der Waals surface area (Å²) in [4.78, 5) is 31.5. The SMILES string of the molecule is O=C(NCc1ccccc1Cl)C1CC(=O)N(c2cccc(-c3noc(C4CCC4)n3)c2)C1. The van der Waals surface area contributed by atoms with Crippen molar-refractivity contribution in [1.29, 1.82) is 0 Å². The molecule has 1 saturated heterocycles. The summed E-state index contributed by atoms with van der Waals surface area (Å²) in [5.41, 5.74) is 2.36. The molecule has 2 aliphatic rings. The third kappa shape index (κ3) is 4.12. The summed E-state index contributed by atoms with van der Waals surface area (Å²) in [6.45, 7) is 0.663. The van der Waals surface area contributed by atoms with Crippen LogP contribution in [0, 0.1) is 5.92 Å². The van der Waals surface area contributed by atoms with Gasteiger partial charge >= 0.3 is 0 Å². The Morgan fingerprint density at radius 1 is 1.19 bits per heavy atom. The van der Waals surface area contributed by atoms with Crippen LogP contribution in [0.1, 0.15) is 43.1 Å². The zero-order valence-electron chi connectivity index (χ0n) is 17.5. The Balaban J connectivity index is 1.26. The van der Waals surface area contributed by atoms with E-state index in [1.807, 2.05) is 42.5 Å². The Morgan fingerprint density at radius 3 is 2.81 bits per heavy atom. The van der Waals surface area contributed by atoms with Gasteiger partial charge in [-0.25, -0.2) is 0 Å². The molecule has 3 aromatic rings. The summed E-state index contributed by atoms with van der Waals surface area (Å²) in [6, 6.07) is 14.9. The van der Waals surface area contributed by atoms with Crippen molar-refractivity contribution in [2.45, 2.75) is 38.1 Å². The van der Waals surface area contributed by atoms with Gasteiger partial charge in [-0.15, -0.1) is 0 Å². The quantitative estimate of drug-likeness (QED) is 0.604. The first kappa shape index (κ1) is 20.7. The summed E-state index contributed by atoms with van der Waals surface area (Å²) in [5.74, 6) is 0.927. The van der Waals surface area contributed by atoms with Crippen LogP contribution in [0.15, 0.2) is 53.1 Å². The Hall–Kier alpha value is -3.19. The highest BCUT2D eigenvalue weighted by molar-refractivity contribution is 6.31. The number of carbonyl (C=O) groups is 2. The highest BCUT2D eigenvalue weighted by atomic mass is 35.5. The molecule has 8 heteroatoms. The van der Waals surface area contributed by atoms with Crippen molar-refractivity contribution in [2.24, 2.45) is 5.92 Å². The van der Waals surface area contributed by atoms with Gasteiger partial charge in [-0.05, 0) is 36.6 Å². The molecule has 0 spiro atoms. The normalized spacial score (nSPS) is 18.6. The average molecular weight is 451 g/mol. The van der Waals surface area contributed by atoms with Crippen molar-refractivity contribution in [1.82, 2.24) is 15.5 Å². The first-order valence-electron chi connectivity index (χ1n) is 10.8. The molecular weight excluding hydrogens is 428 g/mol. The number of amides is 2. The average Bonchev–Trinajstić information content (AvgIpc) is 3.39. The van der Waals surface area contributed by atoms with Gasteiger partial charge in [-0.1, -0.05) is 53.5 Å². The summed E-state index contributed by atoms with van der Waals surface area (Å²) >= 11 is 6.16. The summed E-state index contributed by atoms with van der Waals surface area (Å²) in [5, 5.41) is 7.62. The fourth-order valence-corrected chi connectivity index (χ4v) is 4.29. The number of halogens is 1. The molecule has 1 aliphatic heterocycles. The van der Waals surface area contributed by atoms with E-state index < -0.39 is 5.92 Å². The van der Waals surface area contributed by atoms with Gasteiger partial charge in [0.05, 0.1) is 5.92 Å². The lowest BCUT2D eigenvalue weighted by Gasteiger charge is -2.20. The highest BCUT2D eigenvalue weighted by Crippen LogP contribution is 2.36. The van der Waals surface area contributed by atoms with E-state index in [4.69, 9.17) is 16.1 Å². The maximum absolute atomic E-state index is 12.7. The van der Waals surface area contributed by atoms with Gasteiger partial charge in [-0.3, -0.25) is 9.59 Å². The van der Waals surface area contributed by atoms with Gasteiger partial charge in [0.25, 0.3) is 0 Å². The monoisotopic (exact) mass is 450 g/mol. The lowest BCUT2D eigenvalue weighted by molar-refractivity contribution is -0.126. The smallest absolute Gasteiger partial charge is 0.230 e. The number of carbonyl (C=O) groups excluding carboxylic acids is 2. The lowest BCUT2D eigenvalue weighted by Crippen LogP contribution is -2.32. The Bertz CT molecular complexity index is 1160. The van der Waals surface area contributed by atoms with E-state index in [1.54, 1.807) is 11.0 Å².